The summed E-state index contributed by atoms with van der Waals surface area (Å²) in [4.78, 5) is 8.41. The molecule has 2 N–H and O–H groups in total. The topological polar surface area (TPSA) is 105 Å². The molecular weight excluding hydrogens is 489 g/mol. The number of aliphatic imine (C=N–C) groups is 1. The van der Waals surface area contributed by atoms with E-state index in [1.54, 1.807) is 29.4 Å². The molecule has 1 aromatic rings. The van der Waals surface area contributed by atoms with Crippen molar-refractivity contribution in [3.63, 3.8) is 0 Å². The molecule has 9 nitrogen and oxygen atoms in total. The first-order valence-corrected chi connectivity index (χ1v) is 11.2. The zero-order chi connectivity index (χ0) is 17.7. The summed E-state index contributed by atoms with van der Waals surface area (Å²) in [7, 11) is -1.51. The van der Waals surface area contributed by atoms with Crippen LogP contribution in [0.25, 0.3) is 0 Å². The first-order valence-electron chi connectivity index (χ1n) is 8.48. The molecule has 0 aromatic carbocycles. The van der Waals surface area contributed by atoms with Gasteiger partial charge < -0.3 is 10.6 Å². The maximum absolute atomic E-state index is 12.4. The molecular formula is C14H26IN7O2S2. The van der Waals surface area contributed by atoms with Gasteiger partial charge in [0.1, 0.15) is 12.2 Å². The van der Waals surface area contributed by atoms with Gasteiger partial charge in [-0.05, 0) is 6.42 Å². The predicted octanol–water partition coefficient (Wildman–Crippen LogP) is -0.245. The van der Waals surface area contributed by atoms with Crippen LogP contribution in [0.1, 0.15) is 12.2 Å². The van der Waals surface area contributed by atoms with E-state index in [-0.39, 0.29) is 35.8 Å². The standard InChI is InChI=1S/C14H25N7O2S2.HI/c1-15-14(19-12-2-3-13-17-11-18-21(13)10-12)16-4-9-25(22,23)20-5-7-24-8-6-20;/h11-12H,2-10H2,1H3,(H2,15,16,19);1H. The van der Waals surface area contributed by atoms with Gasteiger partial charge in [0.2, 0.25) is 10.0 Å². The Morgan fingerprint density at radius 2 is 2.19 bits per heavy atom. The van der Waals surface area contributed by atoms with Crippen LogP contribution in [0.3, 0.4) is 0 Å². The van der Waals surface area contributed by atoms with Crippen molar-refractivity contribution in [2.24, 2.45) is 4.99 Å². The second-order valence-electron chi connectivity index (χ2n) is 6.06. The minimum atomic E-state index is -3.20. The molecule has 3 rings (SSSR count). The largest absolute Gasteiger partial charge is 0.355 e. The van der Waals surface area contributed by atoms with Crippen LogP contribution >= 0.6 is 35.7 Å². The fourth-order valence-electron chi connectivity index (χ4n) is 3.00. The lowest BCUT2D eigenvalue weighted by atomic mass is 10.1. The molecule has 1 saturated heterocycles. The van der Waals surface area contributed by atoms with E-state index in [0.29, 0.717) is 25.6 Å². The molecule has 2 aliphatic rings. The lowest BCUT2D eigenvalue weighted by molar-refractivity contribution is 0.393. The summed E-state index contributed by atoms with van der Waals surface area (Å²) in [5.74, 6) is 3.46. The highest BCUT2D eigenvalue weighted by Gasteiger charge is 2.24. The number of halogens is 1. The molecule has 12 heteroatoms. The van der Waals surface area contributed by atoms with Gasteiger partial charge in [-0.2, -0.15) is 16.9 Å². The number of aromatic nitrogens is 3. The number of hydrogen-bond donors (Lipinski definition) is 2. The lowest BCUT2D eigenvalue weighted by Gasteiger charge is -2.27. The Labute approximate surface area is 175 Å². The molecule has 148 valence electrons. The van der Waals surface area contributed by atoms with Crippen LogP contribution in [0.2, 0.25) is 0 Å². The Bertz CT molecular complexity index is 704. The predicted molar refractivity (Wildman–Crippen MR) is 115 cm³/mol. The van der Waals surface area contributed by atoms with Crippen molar-refractivity contribution in [1.82, 2.24) is 29.7 Å². The van der Waals surface area contributed by atoms with E-state index >= 15 is 0 Å². The quantitative estimate of drug-likeness (QED) is 0.317. The molecule has 0 bridgehead atoms. The maximum Gasteiger partial charge on any atom is 0.215 e. The second kappa shape index (κ2) is 10.1. The van der Waals surface area contributed by atoms with Crippen molar-refractivity contribution in [1.29, 1.82) is 0 Å². The van der Waals surface area contributed by atoms with E-state index < -0.39 is 10.0 Å². The van der Waals surface area contributed by atoms with Gasteiger partial charge in [0, 0.05) is 50.7 Å². The third kappa shape index (κ3) is 5.70. The number of sulfonamides is 1. The van der Waals surface area contributed by atoms with Gasteiger partial charge in [0.15, 0.2) is 5.96 Å². The van der Waals surface area contributed by atoms with Crippen LogP contribution in [0.15, 0.2) is 11.3 Å². The van der Waals surface area contributed by atoms with Crippen LogP contribution in [-0.2, 0) is 23.0 Å². The SMILES string of the molecule is CN=C(NCCS(=O)(=O)N1CCSCC1)NC1CCc2ncnn2C1.I. The average molecular weight is 515 g/mol. The summed E-state index contributed by atoms with van der Waals surface area (Å²) >= 11 is 1.80. The van der Waals surface area contributed by atoms with Crippen LogP contribution in [0, 0.1) is 0 Å². The lowest BCUT2D eigenvalue weighted by Crippen LogP contribution is -2.48. The molecule has 0 aliphatic carbocycles. The number of aryl methyl sites for hydroxylation is 1. The van der Waals surface area contributed by atoms with Gasteiger partial charge >= 0.3 is 0 Å². The highest BCUT2D eigenvalue weighted by molar-refractivity contribution is 14.0. The van der Waals surface area contributed by atoms with E-state index in [1.165, 1.54) is 0 Å². The van der Waals surface area contributed by atoms with Gasteiger partial charge in [0.05, 0.1) is 12.3 Å². The van der Waals surface area contributed by atoms with E-state index in [4.69, 9.17) is 0 Å². The van der Waals surface area contributed by atoms with Gasteiger partial charge in [-0.25, -0.2) is 22.4 Å². The summed E-state index contributed by atoms with van der Waals surface area (Å²) in [6, 6.07) is 0.205. The number of rotatable bonds is 5. The van der Waals surface area contributed by atoms with Crippen molar-refractivity contribution >= 4 is 51.7 Å². The second-order valence-corrected chi connectivity index (χ2v) is 9.38. The molecule has 26 heavy (non-hydrogen) atoms. The summed E-state index contributed by atoms with van der Waals surface area (Å²) in [5.41, 5.74) is 0. The third-order valence-electron chi connectivity index (χ3n) is 4.39. The Morgan fingerprint density at radius 3 is 2.92 bits per heavy atom. The first kappa shape index (κ1) is 21.7. The van der Waals surface area contributed by atoms with Crippen molar-refractivity contribution in [3.05, 3.63) is 12.2 Å². The summed E-state index contributed by atoms with van der Waals surface area (Å²) in [6.45, 7) is 2.30. The molecule has 2 aliphatic heterocycles. The minimum absolute atomic E-state index is 0. The van der Waals surface area contributed by atoms with Crippen molar-refractivity contribution in [2.75, 3.05) is 43.9 Å². The molecule has 0 spiro atoms. The van der Waals surface area contributed by atoms with E-state index in [0.717, 1.165) is 36.7 Å². The Hall–Kier alpha value is -0.600. The molecule has 0 saturated carbocycles. The third-order valence-corrected chi connectivity index (χ3v) is 7.20. The number of nitrogens with zero attached hydrogens (tertiary/aromatic N) is 5. The van der Waals surface area contributed by atoms with Gasteiger partial charge in [-0.3, -0.25) is 4.99 Å². The molecule has 3 heterocycles. The zero-order valence-corrected chi connectivity index (χ0v) is 18.8. The van der Waals surface area contributed by atoms with Gasteiger partial charge in [-0.1, -0.05) is 0 Å². The fourth-order valence-corrected chi connectivity index (χ4v) is 5.49. The normalized spacial score (nSPS) is 21.6. The van der Waals surface area contributed by atoms with Gasteiger partial charge in [0.25, 0.3) is 0 Å². The molecule has 1 fully saturated rings. The molecule has 1 unspecified atom stereocenters. The average Bonchev–Trinajstić information content (AvgIpc) is 3.09. The highest BCUT2D eigenvalue weighted by Crippen LogP contribution is 2.13. The summed E-state index contributed by atoms with van der Waals surface area (Å²) in [5, 5.41) is 10.7. The maximum atomic E-state index is 12.4. The van der Waals surface area contributed by atoms with E-state index in [9.17, 15) is 8.42 Å². The van der Waals surface area contributed by atoms with Crippen LogP contribution in [0.4, 0.5) is 0 Å². The van der Waals surface area contributed by atoms with Crippen LogP contribution in [-0.4, -0.2) is 83.4 Å². The van der Waals surface area contributed by atoms with Crippen LogP contribution in [0.5, 0.6) is 0 Å². The zero-order valence-electron chi connectivity index (χ0n) is 14.8. The van der Waals surface area contributed by atoms with Crippen LogP contribution < -0.4 is 10.6 Å². The van der Waals surface area contributed by atoms with Crippen molar-refractivity contribution in [2.45, 2.75) is 25.4 Å². The number of hydrogen-bond acceptors (Lipinski definition) is 6. The number of nitrogens with one attached hydrogen (secondary N) is 2. The first-order chi connectivity index (χ1) is 12.1. The molecule has 0 amide bonds. The smallest absolute Gasteiger partial charge is 0.215 e. The Balaban J connectivity index is 0.00000243. The Morgan fingerprint density at radius 1 is 1.42 bits per heavy atom. The number of thioether (sulfide) groups is 1. The highest BCUT2D eigenvalue weighted by atomic mass is 127. The summed E-state index contributed by atoms with van der Waals surface area (Å²) in [6.07, 6.45) is 3.40. The van der Waals surface area contributed by atoms with Gasteiger partial charge in [-0.15, -0.1) is 24.0 Å². The monoisotopic (exact) mass is 515 g/mol. The Kier molecular flexibility index (Phi) is 8.41. The van der Waals surface area contributed by atoms with E-state index in [1.807, 2.05) is 4.68 Å². The van der Waals surface area contributed by atoms with E-state index in [2.05, 4.69) is 25.7 Å². The minimum Gasteiger partial charge on any atom is -0.355 e. The van der Waals surface area contributed by atoms with Crippen molar-refractivity contribution < 1.29 is 8.42 Å². The molecule has 1 aromatic heterocycles. The fraction of sp³-hybridized carbons (Fsp3) is 0.786. The van der Waals surface area contributed by atoms with Crippen molar-refractivity contribution in [3.8, 4) is 0 Å². The number of fused-ring (bicyclic) bond motifs is 1. The number of guanidine groups is 1. The summed E-state index contributed by atoms with van der Waals surface area (Å²) < 4.78 is 28.2. The molecule has 0 radical (unpaired) electrons. The molecule has 1 atom stereocenters.